The summed E-state index contributed by atoms with van der Waals surface area (Å²) in [5, 5.41) is 9.27. The van der Waals surface area contributed by atoms with Gasteiger partial charge in [-0.05, 0) is 48.1 Å². The molecule has 2 aromatic rings. The number of carbonyl (C=O) groups excluding carboxylic acids is 1. The number of nitriles is 1. The molecule has 33 heavy (non-hydrogen) atoms. The van der Waals surface area contributed by atoms with Crippen LogP contribution in [0.3, 0.4) is 0 Å². The Balaban J connectivity index is 1.40. The first kappa shape index (κ1) is 23.3. The van der Waals surface area contributed by atoms with Crippen molar-refractivity contribution in [2.24, 2.45) is 0 Å². The van der Waals surface area contributed by atoms with Gasteiger partial charge in [-0.2, -0.15) is 9.57 Å². The molecule has 0 spiro atoms. The van der Waals surface area contributed by atoms with Gasteiger partial charge in [-0.15, -0.1) is 0 Å². The fraction of sp³-hybridized carbons (Fsp3) is 0.440. The average molecular weight is 467 g/mol. The van der Waals surface area contributed by atoms with Gasteiger partial charge in [0.05, 0.1) is 17.0 Å². The molecule has 2 aromatic carbocycles. The third kappa shape index (κ3) is 4.75. The minimum absolute atomic E-state index is 0.0188. The lowest BCUT2D eigenvalue weighted by Crippen LogP contribution is -2.53. The van der Waals surface area contributed by atoms with Gasteiger partial charge in [-0.3, -0.25) is 4.79 Å². The highest BCUT2D eigenvalue weighted by Crippen LogP contribution is 2.30. The van der Waals surface area contributed by atoms with Crippen LogP contribution < -0.4 is 4.90 Å². The second kappa shape index (κ2) is 9.54. The van der Waals surface area contributed by atoms with Gasteiger partial charge >= 0.3 is 0 Å². The van der Waals surface area contributed by atoms with E-state index in [2.05, 4.69) is 36.9 Å². The lowest BCUT2D eigenvalue weighted by Gasteiger charge is -2.37. The van der Waals surface area contributed by atoms with Crippen LogP contribution in [0, 0.1) is 11.3 Å². The van der Waals surface area contributed by atoms with Gasteiger partial charge < -0.3 is 9.80 Å². The molecule has 0 atom stereocenters. The monoisotopic (exact) mass is 466 g/mol. The van der Waals surface area contributed by atoms with E-state index in [-0.39, 0.29) is 29.5 Å². The number of carbonyl (C=O) groups is 1. The van der Waals surface area contributed by atoms with E-state index in [4.69, 9.17) is 0 Å². The zero-order valence-corrected chi connectivity index (χ0v) is 20.0. The largest absolute Gasteiger partial charge is 0.362 e. The van der Waals surface area contributed by atoms with Crippen LogP contribution >= 0.6 is 0 Å². The molecule has 0 saturated carbocycles. The number of sulfonamides is 1. The van der Waals surface area contributed by atoms with Gasteiger partial charge in [0.2, 0.25) is 15.9 Å². The molecule has 8 heteroatoms. The SMILES string of the molecule is CC(C)c1ccc2c(c1)CCCN2CC(=O)N1CCN(S(=O)(=O)c2ccccc2C#N)CC1. The first-order valence-electron chi connectivity index (χ1n) is 11.5. The lowest BCUT2D eigenvalue weighted by atomic mass is 9.95. The highest BCUT2D eigenvalue weighted by atomic mass is 32.2. The normalized spacial score (nSPS) is 17.0. The van der Waals surface area contributed by atoms with Crippen LogP contribution in [0.15, 0.2) is 47.4 Å². The Morgan fingerprint density at radius 1 is 1.06 bits per heavy atom. The average Bonchev–Trinajstić information content (AvgIpc) is 2.83. The second-order valence-corrected chi connectivity index (χ2v) is 10.9. The maximum absolute atomic E-state index is 13.1. The van der Waals surface area contributed by atoms with Gasteiger partial charge in [0, 0.05) is 38.4 Å². The molecule has 1 amide bonds. The molecule has 2 heterocycles. The number of hydrogen-bond donors (Lipinski definition) is 0. The predicted molar refractivity (Wildman–Crippen MR) is 128 cm³/mol. The van der Waals surface area contributed by atoms with E-state index in [9.17, 15) is 18.5 Å². The van der Waals surface area contributed by atoms with Gasteiger partial charge in [0.15, 0.2) is 0 Å². The van der Waals surface area contributed by atoms with Gasteiger partial charge in [-0.1, -0.05) is 38.1 Å². The van der Waals surface area contributed by atoms with Crippen molar-refractivity contribution >= 4 is 21.6 Å². The fourth-order valence-corrected chi connectivity index (χ4v) is 6.15. The van der Waals surface area contributed by atoms with E-state index in [1.54, 1.807) is 17.0 Å². The molecular weight excluding hydrogens is 436 g/mol. The number of rotatable bonds is 5. The molecule has 0 N–H and O–H groups in total. The lowest BCUT2D eigenvalue weighted by molar-refractivity contribution is -0.130. The van der Waals surface area contributed by atoms with Crippen LogP contribution in [-0.2, 0) is 21.2 Å². The smallest absolute Gasteiger partial charge is 0.244 e. The minimum atomic E-state index is -3.77. The Kier molecular flexibility index (Phi) is 6.73. The van der Waals surface area contributed by atoms with Crippen LogP contribution in [0.4, 0.5) is 5.69 Å². The van der Waals surface area contributed by atoms with Crippen LogP contribution in [0.25, 0.3) is 0 Å². The Morgan fingerprint density at radius 3 is 2.48 bits per heavy atom. The molecule has 0 radical (unpaired) electrons. The maximum Gasteiger partial charge on any atom is 0.244 e. The number of fused-ring (bicyclic) bond motifs is 1. The molecule has 0 aliphatic carbocycles. The van der Waals surface area contributed by atoms with Crippen LogP contribution in [0.5, 0.6) is 0 Å². The highest BCUT2D eigenvalue weighted by Gasteiger charge is 2.32. The first-order chi connectivity index (χ1) is 15.8. The molecule has 0 bridgehead atoms. The van der Waals surface area contributed by atoms with Crippen molar-refractivity contribution in [2.45, 2.75) is 37.5 Å². The fourth-order valence-electron chi connectivity index (χ4n) is 4.58. The molecule has 1 saturated heterocycles. The first-order valence-corrected chi connectivity index (χ1v) is 12.9. The summed E-state index contributed by atoms with van der Waals surface area (Å²) in [6.45, 7) is 6.66. The minimum Gasteiger partial charge on any atom is -0.362 e. The summed E-state index contributed by atoms with van der Waals surface area (Å²) >= 11 is 0. The van der Waals surface area contributed by atoms with Crippen molar-refractivity contribution in [2.75, 3.05) is 44.2 Å². The molecule has 0 unspecified atom stereocenters. The zero-order valence-electron chi connectivity index (χ0n) is 19.2. The Hall–Kier alpha value is -2.89. The number of anilines is 1. The summed E-state index contributed by atoms with van der Waals surface area (Å²) in [6, 6.07) is 14.7. The van der Waals surface area contributed by atoms with Gasteiger partial charge in [-0.25, -0.2) is 8.42 Å². The molecule has 7 nitrogen and oxygen atoms in total. The summed E-state index contributed by atoms with van der Waals surface area (Å²) in [5.74, 6) is 0.491. The maximum atomic E-state index is 13.1. The summed E-state index contributed by atoms with van der Waals surface area (Å²) in [5.41, 5.74) is 3.89. The Morgan fingerprint density at radius 2 is 1.79 bits per heavy atom. The van der Waals surface area contributed by atoms with Crippen molar-refractivity contribution in [3.63, 3.8) is 0 Å². The van der Waals surface area contributed by atoms with Crippen molar-refractivity contribution in [3.8, 4) is 6.07 Å². The predicted octanol–water partition coefficient (Wildman–Crippen LogP) is 2.97. The zero-order chi connectivity index (χ0) is 23.6. The molecule has 4 rings (SSSR count). The van der Waals surface area contributed by atoms with Crippen molar-refractivity contribution in [3.05, 3.63) is 59.2 Å². The van der Waals surface area contributed by atoms with Crippen molar-refractivity contribution < 1.29 is 13.2 Å². The van der Waals surface area contributed by atoms with E-state index in [0.717, 1.165) is 25.1 Å². The molecular formula is C25H30N4O3S. The molecule has 174 valence electrons. The standard InChI is InChI=1S/C25H30N4O3S/c1-19(2)20-9-10-23-21(16-20)7-5-11-28(23)18-25(30)27-12-14-29(15-13-27)33(31,32)24-8-4-3-6-22(24)17-26/h3-4,6,8-10,16,19H,5,7,11-15,18H2,1-2H3. The quantitative estimate of drug-likeness (QED) is 0.676. The van der Waals surface area contributed by atoms with E-state index >= 15 is 0 Å². The molecule has 1 fully saturated rings. The van der Waals surface area contributed by atoms with E-state index < -0.39 is 10.0 Å². The summed E-state index contributed by atoms with van der Waals surface area (Å²) in [7, 11) is -3.77. The van der Waals surface area contributed by atoms with Crippen LogP contribution in [0.2, 0.25) is 0 Å². The molecule has 2 aliphatic heterocycles. The van der Waals surface area contributed by atoms with Gasteiger partial charge in [0.1, 0.15) is 6.07 Å². The molecule has 2 aliphatic rings. The number of aryl methyl sites for hydroxylation is 1. The Bertz CT molecular complexity index is 1180. The van der Waals surface area contributed by atoms with E-state index in [1.165, 1.54) is 27.6 Å². The third-order valence-electron chi connectivity index (χ3n) is 6.53. The molecule has 0 aromatic heterocycles. The highest BCUT2D eigenvalue weighted by molar-refractivity contribution is 7.89. The second-order valence-electron chi connectivity index (χ2n) is 8.96. The summed E-state index contributed by atoms with van der Waals surface area (Å²) < 4.78 is 27.4. The number of amides is 1. The number of piperazine rings is 1. The van der Waals surface area contributed by atoms with Crippen molar-refractivity contribution in [1.29, 1.82) is 5.26 Å². The summed E-state index contributed by atoms with van der Waals surface area (Å²) in [4.78, 5) is 17.0. The van der Waals surface area contributed by atoms with Crippen LogP contribution in [-0.4, -0.2) is 62.8 Å². The summed E-state index contributed by atoms with van der Waals surface area (Å²) in [6.07, 6.45) is 2.05. The number of benzene rings is 2. The van der Waals surface area contributed by atoms with Crippen LogP contribution in [0.1, 0.15) is 42.9 Å². The number of hydrogen-bond acceptors (Lipinski definition) is 5. The van der Waals surface area contributed by atoms with E-state index in [0.29, 0.717) is 25.6 Å². The topological polar surface area (TPSA) is 84.7 Å². The van der Waals surface area contributed by atoms with Crippen molar-refractivity contribution in [1.82, 2.24) is 9.21 Å². The van der Waals surface area contributed by atoms with E-state index in [1.807, 2.05) is 6.07 Å². The van der Waals surface area contributed by atoms with Gasteiger partial charge in [0.25, 0.3) is 0 Å². The number of nitrogens with zero attached hydrogens (tertiary/aromatic N) is 4. The Labute approximate surface area is 196 Å². The third-order valence-corrected chi connectivity index (χ3v) is 8.48.